The molecule has 0 aliphatic carbocycles. The molecule has 0 aliphatic rings. The highest BCUT2D eigenvalue weighted by atomic mass is 32.1. The summed E-state index contributed by atoms with van der Waals surface area (Å²) in [6.07, 6.45) is 0.950. The number of hydrogen-bond acceptors (Lipinski definition) is 3. The van der Waals surface area contributed by atoms with Gasteiger partial charge in [0, 0.05) is 0 Å². The highest BCUT2D eigenvalue weighted by Crippen LogP contribution is 2.23. The van der Waals surface area contributed by atoms with Crippen LogP contribution in [0.25, 0.3) is 0 Å². The van der Waals surface area contributed by atoms with Crippen molar-refractivity contribution in [2.24, 2.45) is 0 Å². The second-order valence-corrected chi connectivity index (χ2v) is 4.26. The van der Waals surface area contributed by atoms with Gasteiger partial charge in [-0.2, -0.15) is 12.6 Å². The van der Waals surface area contributed by atoms with Gasteiger partial charge in [-0.05, 0) is 48.6 Å². The molecule has 2 rings (SSSR count). The number of para-hydroxylation sites is 1. The third kappa shape index (κ3) is 4.00. The molecular formula is C15H16O2S. The van der Waals surface area contributed by atoms with Crippen LogP contribution in [-0.4, -0.2) is 12.4 Å². The summed E-state index contributed by atoms with van der Waals surface area (Å²) in [7, 11) is 0. The van der Waals surface area contributed by atoms with Crippen LogP contribution in [-0.2, 0) is 0 Å². The molecule has 0 saturated carbocycles. The van der Waals surface area contributed by atoms with Gasteiger partial charge in [-0.15, -0.1) is 0 Å². The quantitative estimate of drug-likeness (QED) is 0.620. The lowest BCUT2D eigenvalue weighted by Crippen LogP contribution is -1.97. The summed E-state index contributed by atoms with van der Waals surface area (Å²) < 4.78 is 11.2. The van der Waals surface area contributed by atoms with E-state index in [1.54, 1.807) is 0 Å². The zero-order valence-corrected chi connectivity index (χ0v) is 11.0. The van der Waals surface area contributed by atoms with Crippen LogP contribution in [0.4, 0.5) is 0 Å². The Morgan fingerprint density at radius 1 is 0.778 bits per heavy atom. The van der Waals surface area contributed by atoms with E-state index >= 15 is 0 Å². The van der Waals surface area contributed by atoms with Crippen molar-refractivity contribution in [3.63, 3.8) is 0 Å². The summed E-state index contributed by atoms with van der Waals surface area (Å²) in [5.74, 6) is 3.34. The molecule has 0 heterocycles. The third-order valence-electron chi connectivity index (χ3n) is 2.37. The van der Waals surface area contributed by atoms with Crippen molar-refractivity contribution in [2.75, 3.05) is 12.4 Å². The number of hydrogen-bond donors (Lipinski definition) is 1. The molecule has 0 N–H and O–H groups in total. The molecule has 2 aromatic rings. The van der Waals surface area contributed by atoms with Crippen LogP contribution in [0.1, 0.15) is 6.42 Å². The second-order valence-electron chi connectivity index (χ2n) is 3.81. The summed E-state index contributed by atoms with van der Waals surface area (Å²) >= 11 is 4.14. The molecule has 0 amide bonds. The predicted molar refractivity (Wildman–Crippen MR) is 76.9 cm³/mol. The molecule has 0 aliphatic heterocycles. The number of benzene rings is 2. The highest BCUT2D eigenvalue weighted by Gasteiger charge is 1.97. The van der Waals surface area contributed by atoms with Crippen LogP contribution in [0.3, 0.4) is 0 Å². The van der Waals surface area contributed by atoms with E-state index < -0.39 is 0 Å². The Hall–Kier alpha value is -1.61. The Morgan fingerprint density at radius 3 is 2.06 bits per heavy atom. The molecule has 0 radical (unpaired) electrons. The van der Waals surface area contributed by atoms with E-state index in [2.05, 4.69) is 12.6 Å². The van der Waals surface area contributed by atoms with E-state index in [4.69, 9.17) is 9.47 Å². The lowest BCUT2D eigenvalue weighted by atomic mass is 10.3. The molecule has 0 atom stereocenters. The smallest absolute Gasteiger partial charge is 0.127 e. The fourth-order valence-electron chi connectivity index (χ4n) is 1.48. The lowest BCUT2D eigenvalue weighted by molar-refractivity contribution is 0.318. The fourth-order valence-corrected chi connectivity index (χ4v) is 1.61. The summed E-state index contributed by atoms with van der Waals surface area (Å²) in [5.41, 5.74) is 0. The van der Waals surface area contributed by atoms with Gasteiger partial charge >= 0.3 is 0 Å². The number of rotatable bonds is 6. The van der Waals surface area contributed by atoms with Gasteiger partial charge < -0.3 is 9.47 Å². The predicted octanol–water partition coefficient (Wildman–Crippen LogP) is 4.18. The largest absolute Gasteiger partial charge is 0.494 e. The van der Waals surface area contributed by atoms with Gasteiger partial charge in [0.25, 0.3) is 0 Å². The second kappa shape index (κ2) is 6.97. The van der Waals surface area contributed by atoms with Crippen molar-refractivity contribution >= 4 is 12.6 Å². The van der Waals surface area contributed by atoms with Crippen molar-refractivity contribution in [1.29, 1.82) is 0 Å². The molecule has 2 nitrogen and oxygen atoms in total. The number of ether oxygens (including phenoxy) is 2. The van der Waals surface area contributed by atoms with Crippen molar-refractivity contribution in [3.05, 3.63) is 54.6 Å². The molecular weight excluding hydrogens is 244 g/mol. The normalized spacial score (nSPS) is 10.1. The lowest BCUT2D eigenvalue weighted by Gasteiger charge is -2.07. The molecule has 0 fully saturated rings. The summed E-state index contributed by atoms with van der Waals surface area (Å²) in [6.45, 7) is 0.697. The SMILES string of the molecule is SCCCOc1ccc(Oc2ccccc2)cc1. The third-order valence-corrected chi connectivity index (χ3v) is 2.69. The molecule has 0 aromatic heterocycles. The maximum atomic E-state index is 5.69. The maximum Gasteiger partial charge on any atom is 0.127 e. The molecule has 0 saturated heterocycles. The Balaban J connectivity index is 1.91. The summed E-state index contributed by atoms with van der Waals surface area (Å²) in [5, 5.41) is 0. The van der Waals surface area contributed by atoms with Gasteiger partial charge in [-0.3, -0.25) is 0 Å². The van der Waals surface area contributed by atoms with Gasteiger partial charge in [0.1, 0.15) is 17.2 Å². The Bertz CT molecular complexity index is 454. The van der Waals surface area contributed by atoms with E-state index in [-0.39, 0.29) is 0 Å². The van der Waals surface area contributed by atoms with E-state index in [1.165, 1.54) is 0 Å². The Labute approximate surface area is 113 Å². The van der Waals surface area contributed by atoms with Gasteiger partial charge in [-0.1, -0.05) is 18.2 Å². The van der Waals surface area contributed by atoms with Crippen LogP contribution in [0.5, 0.6) is 17.2 Å². The first-order chi connectivity index (χ1) is 8.88. The minimum absolute atomic E-state index is 0.697. The van der Waals surface area contributed by atoms with Crippen LogP contribution in [0.2, 0.25) is 0 Å². The van der Waals surface area contributed by atoms with Gasteiger partial charge in [0.05, 0.1) is 6.61 Å². The summed E-state index contributed by atoms with van der Waals surface area (Å²) in [6, 6.07) is 17.4. The zero-order chi connectivity index (χ0) is 12.6. The van der Waals surface area contributed by atoms with Crippen molar-refractivity contribution in [2.45, 2.75) is 6.42 Å². The Kier molecular flexibility index (Phi) is 4.97. The van der Waals surface area contributed by atoms with E-state index in [1.807, 2.05) is 54.6 Å². The standard InChI is InChI=1S/C15H16O2S/c18-12-4-11-16-13-7-9-15(10-8-13)17-14-5-2-1-3-6-14/h1-3,5-10,18H,4,11-12H2. The van der Waals surface area contributed by atoms with Gasteiger partial charge in [-0.25, -0.2) is 0 Å². The maximum absolute atomic E-state index is 5.69. The van der Waals surface area contributed by atoms with Crippen molar-refractivity contribution in [1.82, 2.24) is 0 Å². The molecule has 0 unspecified atom stereocenters. The topological polar surface area (TPSA) is 18.5 Å². The van der Waals surface area contributed by atoms with E-state index in [0.717, 1.165) is 29.4 Å². The fraction of sp³-hybridized carbons (Fsp3) is 0.200. The monoisotopic (exact) mass is 260 g/mol. The van der Waals surface area contributed by atoms with Crippen molar-refractivity contribution in [3.8, 4) is 17.2 Å². The first-order valence-corrected chi connectivity index (χ1v) is 6.58. The molecule has 3 heteroatoms. The molecule has 2 aromatic carbocycles. The Morgan fingerprint density at radius 2 is 1.39 bits per heavy atom. The first kappa shape index (κ1) is 12.8. The first-order valence-electron chi connectivity index (χ1n) is 5.95. The number of thiol groups is 1. The van der Waals surface area contributed by atoms with Crippen molar-refractivity contribution < 1.29 is 9.47 Å². The van der Waals surface area contributed by atoms with Gasteiger partial charge in [0.2, 0.25) is 0 Å². The minimum Gasteiger partial charge on any atom is -0.494 e. The van der Waals surface area contributed by atoms with E-state index in [0.29, 0.717) is 6.61 Å². The highest BCUT2D eigenvalue weighted by molar-refractivity contribution is 7.80. The van der Waals surface area contributed by atoms with Crippen LogP contribution in [0.15, 0.2) is 54.6 Å². The average Bonchev–Trinajstić information content (AvgIpc) is 2.42. The minimum atomic E-state index is 0.697. The molecule has 18 heavy (non-hydrogen) atoms. The van der Waals surface area contributed by atoms with Crippen LogP contribution >= 0.6 is 12.6 Å². The average molecular weight is 260 g/mol. The molecule has 0 spiro atoms. The summed E-state index contributed by atoms with van der Waals surface area (Å²) in [4.78, 5) is 0. The zero-order valence-electron chi connectivity index (χ0n) is 10.1. The van der Waals surface area contributed by atoms with Crippen LogP contribution < -0.4 is 9.47 Å². The molecule has 0 bridgehead atoms. The van der Waals surface area contributed by atoms with Gasteiger partial charge in [0.15, 0.2) is 0 Å². The van der Waals surface area contributed by atoms with Crippen LogP contribution in [0, 0.1) is 0 Å². The molecule has 94 valence electrons. The van der Waals surface area contributed by atoms with E-state index in [9.17, 15) is 0 Å².